The average molecular weight is 1650 g/mol. The van der Waals surface area contributed by atoms with E-state index in [9.17, 15) is 43.5 Å². The van der Waals surface area contributed by atoms with Crippen molar-refractivity contribution in [3.05, 3.63) is 170 Å². The van der Waals surface area contributed by atoms with Gasteiger partial charge in [-0.05, 0) is 154 Å². The van der Waals surface area contributed by atoms with Crippen molar-refractivity contribution in [2.24, 2.45) is 0 Å². The predicted octanol–water partition coefficient (Wildman–Crippen LogP) is 27.9. The fourth-order valence-corrected chi connectivity index (χ4v) is 13.7. The van der Waals surface area contributed by atoms with Crippen LogP contribution in [-0.2, 0) is 55.8 Å². The number of hydrogen-bond acceptors (Lipinski definition) is 14. The van der Waals surface area contributed by atoms with Crippen LogP contribution in [0.4, 0.5) is 0 Å². The van der Waals surface area contributed by atoms with Crippen molar-refractivity contribution >= 4 is 33.6 Å². The van der Waals surface area contributed by atoms with Crippen molar-refractivity contribution < 1.29 is 75.8 Å². The summed E-state index contributed by atoms with van der Waals surface area (Å²) in [6.07, 6.45) is 114. The molecule has 0 saturated carbocycles. The molecule has 0 fully saturated rings. The van der Waals surface area contributed by atoms with E-state index in [1.807, 2.05) is 0 Å². The van der Waals surface area contributed by atoms with E-state index in [-0.39, 0.29) is 19.3 Å². The Kier molecular flexibility index (Phi) is 84.3. The first-order chi connectivity index (χ1) is 56.2. The van der Waals surface area contributed by atoms with E-state index in [1.54, 1.807) is 0 Å². The number of hydrogen-bond donors (Lipinski definition) is 4. The summed E-state index contributed by atoms with van der Waals surface area (Å²) in [5.41, 5.74) is 0. The van der Waals surface area contributed by atoms with Gasteiger partial charge in [0.15, 0.2) is 6.10 Å². The highest BCUT2D eigenvalue weighted by atomic mass is 31.2. The number of esters is 3. The third-order valence-corrected chi connectivity index (χ3v) is 20.8. The minimum Gasteiger partial charge on any atom is -0.463 e. The fourth-order valence-electron chi connectivity index (χ4n) is 12.1. The van der Waals surface area contributed by atoms with Gasteiger partial charge in [-0.3, -0.25) is 32.5 Å². The SMILES string of the molecule is CC/C=C\C/C=C\C/C=C\C/C=C\C/C=C\CCCCCCCCCCCCCC(=O)OCC(COP(=O)(O)OCC(O)COP(=O)(O)OCC(O)COC(=O)CCCCCCCCCCCCCCCCC/C=C\C/C=C\C/C=C\C/C=C\CCCCC)OC(=O)CCCCCCC/C=C\C/C=C\C/C=C\C/C=C\C/C=C\CC. The fraction of sp³-hybridized carbons (Fsp3) is 0.680. The molecule has 0 bridgehead atoms. The number of phosphoric acid groups is 2. The first-order valence-corrected chi connectivity index (χ1v) is 48.4. The highest BCUT2D eigenvalue weighted by Crippen LogP contribution is 2.45. The van der Waals surface area contributed by atoms with E-state index in [2.05, 4.69) is 191 Å². The van der Waals surface area contributed by atoms with Gasteiger partial charge in [0, 0.05) is 19.3 Å². The molecule has 0 aromatic carbocycles. The van der Waals surface area contributed by atoms with Gasteiger partial charge in [0.1, 0.15) is 25.4 Å². The Bertz CT molecular complexity index is 2770. The van der Waals surface area contributed by atoms with E-state index < -0.39 is 91.5 Å². The summed E-state index contributed by atoms with van der Waals surface area (Å²) in [5, 5.41) is 20.7. The standard InChI is InChI=1S/C97H164O16P2/c1-4-7-10-13-16-19-22-25-28-31-34-37-39-41-43-44-45-46-48-50-51-54-56-59-62-65-68-71-74-77-80-83-95(100)107-86-92(98)87-109-114(103,104)110-88-93(99)89-111-115(105,106)112-91-94(113-97(102)85-82-79-76-73-70-67-64-61-58-53-36-33-30-27-24-21-18-15-12-9-6-3)90-108-96(101)84-81-78-75-72-69-66-63-60-57-55-52-49-47-42-40-38-35-32-29-26-23-20-17-14-11-8-5-2/h8-9,11-12,16-21,25-30,34-38,41-43,47,53,61,64,92-94,98-99H,4-7,10,13-15,22-24,31-33,39-40,44-46,48-52,54-60,62-63,65-91H2,1-3H3,(H,103,104)(H,105,106)/b11-8-,12-9-,19-16-,20-17-,21-18-,28-25-,29-26-,30-27-,37-34-,38-35-,43-41-,47-42-,53-36-,64-61-. The van der Waals surface area contributed by atoms with E-state index in [1.165, 1.54) is 141 Å². The van der Waals surface area contributed by atoms with Crippen LogP contribution in [-0.4, -0.2) is 95.9 Å². The van der Waals surface area contributed by atoms with Gasteiger partial charge in [0.05, 0.1) is 26.4 Å². The molecule has 0 saturated heterocycles. The number of unbranched alkanes of at least 4 members (excludes halogenated alkanes) is 34. The molecule has 0 amide bonds. The smallest absolute Gasteiger partial charge is 0.463 e. The predicted molar refractivity (Wildman–Crippen MR) is 482 cm³/mol. The topological polar surface area (TPSA) is 231 Å². The lowest BCUT2D eigenvalue weighted by Gasteiger charge is -2.21. The van der Waals surface area contributed by atoms with E-state index in [0.717, 1.165) is 167 Å². The van der Waals surface area contributed by atoms with Crippen molar-refractivity contribution in [1.82, 2.24) is 0 Å². The van der Waals surface area contributed by atoms with Crippen LogP contribution in [0, 0.1) is 0 Å². The number of allylic oxidation sites excluding steroid dienone is 28. The van der Waals surface area contributed by atoms with E-state index in [0.29, 0.717) is 19.3 Å². The zero-order chi connectivity index (χ0) is 83.6. The summed E-state index contributed by atoms with van der Waals surface area (Å²) < 4.78 is 61.4. The second-order valence-corrected chi connectivity index (χ2v) is 32.9. The summed E-state index contributed by atoms with van der Waals surface area (Å²) in [6.45, 7) is 2.43. The zero-order valence-corrected chi connectivity index (χ0v) is 74.2. The monoisotopic (exact) mass is 1650 g/mol. The third-order valence-electron chi connectivity index (χ3n) is 18.9. The molecule has 0 rings (SSSR count). The Morgan fingerprint density at radius 1 is 0.252 bits per heavy atom. The molecule has 16 nitrogen and oxygen atoms in total. The van der Waals surface area contributed by atoms with Gasteiger partial charge in [-0.2, -0.15) is 0 Å². The summed E-state index contributed by atoms with van der Waals surface area (Å²) >= 11 is 0. The molecule has 0 aliphatic carbocycles. The van der Waals surface area contributed by atoms with Crippen molar-refractivity contribution in [3.8, 4) is 0 Å². The average Bonchev–Trinajstić information content (AvgIpc) is 0.900. The molecule has 0 aliphatic heterocycles. The van der Waals surface area contributed by atoms with Gasteiger partial charge >= 0.3 is 33.6 Å². The van der Waals surface area contributed by atoms with E-state index >= 15 is 0 Å². The Balaban J connectivity index is 4.61. The van der Waals surface area contributed by atoms with Gasteiger partial charge in [-0.15, -0.1) is 0 Å². The van der Waals surface area contributed by atoms with Gasteiger partial charge in [-0.1, -0.05) is 364 Å². The Morgan fingerprint density at radius 2 is 0.461 bits per heavy atom. The van der Waals surface area contributed by atoms with Crippen LogP contribution < -0.4 is 0 Å². The number of ether oxygens (including phenoxy) is 3. The molecule has 5 unspecified atom stereocenters. The molecule has 115 heavy (non-hydrogen) atoms. The second kappa shape index (κ2) is 88.2. The second-order valence-electron chi connectivity index (χ2n) is 30.0. The van der Waals surface area contributed by atoms with Crippen molar-refractivity contribution in [2.45, 2.75) is 386 Å². The molecule has 18 heteroatoms. The van der Waals surface area contributed by atoms with Crippen LogP contribution in [0.25, 0.3) is 0 Å². The maximum absolute atomic E-state index is 13.1. The number of aliphatic hydroxyl groups is 2. The lowest BCUT2D eigenvalue weighted by molar-refractivity contribution is -0.161. The van der Waals surface area contributed by atoms with Gasteiger partial charge in [0.25, 0.3) is 0 Å². The Morgan fingerprint density at radius 3 is 0.730 bits per heavy atom. The molecular formula is C97H164O16P2. The van der Waals surface area contributed by atoms with Crippen molar-refractivity contribution in [1.29, 1.82) is 0 Å². The molecule has 0 heterocycles. The van der Waals surface area contributed by atoms with Crippen molar-refractivity contribution in [2.75, 3.05) is 39.6 Å². The normalized spacial score (nSPS) is 14.6. The molecule has 0 aliphatic rings. The number of rotatable bonds is 85. The van der Waals surface area contributed by atoms with E-state index in [4.69, 9.17) is 32.3 Å². The van der Waals surface area contributed by atoms with Gasteiger partial charge < -0.3 is 34.2 Å². The van der Waals surface area contributed by atoms with Crippen LogP contribution >= 0.6 is 15.6 Å². The first-order valence-electron chi connectivity index (χ1n) is 45.4. The minimum absolute atomic E-state index is 0.0768. The lowest BCUT2D eigenvalue weighted by Crippen LogP contribution is -2.30. The maximum atomic E-state index is 13.1. The molecule has 5 atom stereocenters. The number of phosphoric ester groups is 2. The van der Waals surface area contributed by atoms with Crippen LogP contribution in [0.3, 0.4) is 0 Å². The Labute approximate surface area is 701 Å². The summed E-state index contributed by atoms with van der Waals surface area (Å²) in [6, 6.07) is 0. The molecule has 0 aromatic rings. The number of aliphatic hydroxyl groups excluding tert-OH is 2. The lowest BCUT2D eigenvalue weighted by atomic mass is 10.0. The van der Waals surface area contributed by atoms with Crippen LogP contribution in [0.1, 0.15) is 367 Å². The minimum atomic E-state index is -4.95. The molecule has 0 aromatic heterocycles. The summed E-state index contributed by atoms with van der Waals surface area (Å²) in [7, 11) is -9.82. The Hall–Kier alpha value is -5.09. The van der Waals surface area contributed by atoms with Gasteiger partial charge in [-0.25, -0.2) is 9.13 Å². The zero-order valence-electron chi connectivity index (χ0n) is 72.4. The molecular weight excluding hydrogens is 1480 g/mol. The number of carbonyl (C=O) groups excluding carboxylic acids is 3. The van der Waals surface area contributed by atoms with Crippen LogP contribution in [0.2, 0.25) is 0 Å². The third kappa shape index (κ3) is 89.5. The number of carbonyl (C=O) groups is 3. The summed E-state index contributed by atoms with van der Waals surface area (Å²) in [5.74, 6) is -1.60. The molecule has 4 N–H and O–H groups in total. The molecule has 0 radical (unpaired) electrons. The van der Waals surface area contributed by atoms with Gasteiger partial charge in [0.2, 0.25) is 0 Å². The van der Waals surface area contributed by atoms with Crippen LogP contribution in [0.15, 0.2) is 170 Å². The highest BCUT2D eigenvalue weighted by Gasteiger charge is 2.29. The quantitative estimate of drug-likeness (QED) is 0.0146. The molecule has 658 valence electrons. The maximum Gasteiger partial charge on any atom is 0.472 e. The highest BCUT2D eigenvalue weighted by molar-refractivity contribution is 7.47. The first kappa shape index (κ1) is 110. The largest absolute Gasteiger partial charge is 0.472 e. The summed E-state index contributed by atoms with van der Waals surface area (Å²) in [4.78, 5) is 59.0. The molecule has 0 spiro atoms. The van der Waals surface area contributed by atoms with Crippen LogP contribution in [0.5, 0.6) is 0 Å². The van der Waals surface area contributed by atoms with Crippen molar-refractivity contribution in [3.63, 3.8) is 0 Å².